The Labute approximate surface area is 113 Å². The van der Waals surface area contributed by atoms with Crippen LogP contribution >= 0.6 is 11.6 Å². The number of nitrogens with zero attached hydrogens (tertiary/aromatic N) is 1. The molecule has 0 saturated carbocycles. The minimum Gasteiger partial charge on any atom is -0.396 e. The van der Waals surface area contributed by atoms with E-state index in [0.717, 1.165) is 11.1 Å². The summed E-state index contributed by atoms with van der Waals surface area (Å²) in [6.45, 7) is 0. The Morgan fingerprint density at radius 3 is 2.95 bits per heavy atom. The normalized spacial score (nSPS) is 10.8. The molecule has 0 aliphatic carbocycles. The van der Waals surface area contributed by atoms with Crippen molar-refractivity contribution in [1.82, 2.24) is 9.97 Å². The van der Waals surface area contributed by atoms with Gasteiger partial charge in [-0.2, -0.15) is 0 Å². The number of hydrogen-bond donors (Lipinski definition) is 3. The van der Waals surface area contributed by atoms with Gasteiger partial charge in [-0.05, 0) is 24.3 Å². The molecule has 2 aromatic heterocycles. The highest BCUT2D eigenvalue weighted by Crippen LogP contribution is 2.31. The number of anilines is 3. The van der Waals surface area contributed by atoms with Crippen molar-refractivity contribution in [2.45, 2.75) is 0 Å². The molecule has 4 N–H and O–H groups in total. The molecular weight excluding hydrogens is 267 g/mol. The fourth-order valence-electron chi connectivity index (χ4n) is 1.88. The highest BCUT2D eigenvalue weighted by atomic mass is 35.5. The van der Waals surface area contributed by atoms with Crippen LogP contribution in [-0.2, 0) is 0 Å². The number of aromatic amines is 1. The van der Waals surface area contributed by atoms with Crippen LogP contribution in [0, 0.1) is 5.82 Å². The zero-order chi connectivity index (χ0) is 13.4. The van der Waals surface area contributed by atoms with E-state index in [1.165, 1.54) is 12.1 Å². The number of nitrogens with one attached hydrogen (secondary N) is 2. The van der Waals surface area contributed by atoms with Gasteiger partial charge in [0.2, 0.25) is 0 Å². The first-order valence-corrected chi connectivity index (χ1v) is 5.96. The third kappa shape index (κ3) is 2.08. The maximum atomic E-state index is 13.4. The summed E-state index contributed by atoms with van der Waals surface area (Å²) in [5.41, 5.74) is 7.57. The molecular formula is C13H10ClFN4. The summed E-state index contributed by atoms with van der Waals surface area (Å²) in [6.07, 6.45) is 3.30. The Kier molecular flexibility index (Phi) is 2.76. The topological polar surface area (TPSA) is 66.7 Å². The number of H-pyrrole nitrogens is 1. The summed E-state index contributed by atoms with van der Waals surface area (Å²) in [6, 6.07) is 6.32. The maximum absolute atomic E-state index is 13.4. The second-order valence-corrected chi connectivity index (χ2v) is 4.49. The van der Waals surface area contributed by atoms with Crippen molar-refractivity contribution in [2.75, 3.05) is 11.1 Å². The van der Waals surface area contributed by atoms with Gasteiger partial charge in [-0.3, -0.25) is 0 Å². The van der Waals surface area contributed by atoms with Crippen molar-refractivity contribution in [1.29, 1.82) is 0 Å². The quantitative estimate of drug-likeness (QED) is 0.626. The third-order valence-corrected chi connectivity index (χ3v) is 3.10. The zero-order valence-corrected chi connectivity index (χ0v) is 10.5. The van der Waals surface area contributed by atoms with Gasteiger partial charge in [0.15, 0.2) is 0 Å². The molecule has 0 saturated heterocycles. The van der Waals surface area contributed by atoms with Crippen LogP contribution in [0.1, 0.15) is 0 Å². The summed E-state index contributed by atoms with van der Waals surface area (Å²) in [5, 5.41) is 4.42. The largest absolute Gasteiger partial charge is 0.396 e. The molecule has 0 aliphatic heterocycles. The Bertz CT molecular complexity index is 753. The predicted octanol–water partition coefficient (Wildman–Crippen LogP) is 3.68. The van der Waals surface area contributed by atoms with Crippen molar-refractivity contribution < 1.29 is 4.39 Å². The van der Waals surface area contributed by atoms with Crippen LogP contribution < -0.4 is 11.1 Å². The van der Waals surface area contributed by atoms with Gasteiger partial charge in [0, 0.05) is 18.1 Å². The van der Waals surface area contributed by atoms with E-state index >= 15 is 0 Å². The lowest BCUT2D eigenvalue weighted by Gasteiger charge is -2.08. The molecule has 0 bridgehead atoms. The number of nitrogen functional groups attached to an aromatic ring is 1. The number of rotatable bonds is 2. The van der Waals surface area contributed by atoms with Crippen molar-refractivity contribution in [3.05, 3.63) is 47.5 Å². The van der Waals surface area contributed by atoms with E-state index in [2.05, 4.69) is 15.3 Å². The van der Waals surface area contributed by atoms with E-state index in [4.69, 9.17) is 17.3 Å². The highest BCUT2D eigenvalue weighted by Gasteiger charge is 2.09. The Balaban J connectivity index is 2.05. The molecule has 6 heteroatoms. The Morgan fingerprint density at radius 2 is 2.16 bits per heavy atom. The molecule has 0 unspecified atom stereocenters. The Hall–Kier alpha value is -2.27. The molecule has 3 rings (SSSR count). The summed E-state index contributed by atoms with van der Waals surface area (Å²) >= 11 is 6.10. The van der Waals surface area contributed by atoms with Crippen LogP contribution in [0.25, 0.3) is 11.0 Å². The lowest BCUT2D eigenvalue weighted by molar-refractivity contribution is 0.633. The second kappa shape index (κ2) is 4.44. The van der Waals surface area contributed by atoms with Gasteiger partial charge in [-0.15, -0.1) is 0 Å². The second-order valence-electron chi connectivity index (χ2n) is 4.08. The average Bonchev–Trinajstić information content (AvgIpc) is 2.77. The SMILES string of the molecule is Nc1ccc(Nc2ccnc3[nH]cc(Cl)c23)cc1F. The first-order chi connectivity index (χ1) is 9.15. The monoisotopic (exact) mass is 276 g/mol. The molecule has 0 atom stereocenters. The molecule has 0 fully saturated rings. The number of pyridine rings is 1. The molecule has 0 aliphatic rings. The minimum absolute atomic E-state index is 0.116. The molecule has 0 radical (unpaired) electrons. The van der Waals surface area contributed by atoms with Gasteiger partial charge >= 0.3 is 0 Å². The zero-order valence-electron chi connectivity index (χ0n) is 9.74. The molecule has 0 amide bonds. The van der Waals surface area contributed by atoms with E-state index in [1.807, 2.05) is 0 Å². The van der Waals surface area contributed by atoms with Gasteiger partial charge in [-0.25, -0.2) is 9.37 Å². The van der Waals surface area contributed by atoms with Crippen LogP contribution in [0.15, 0.2) is 36.7 Å². The smallest absolute Gasteiger partial charge is 0.148 e. The number of benzene rings is 1. The number of fused-ring (bicyclic) bond motifs is 1. The summed E-state index contributed by atoms with van der Waals surface area (Å²) in [4.78, 5) is 7.12. The van der Waals surface area contributed by atoms with Gasteiger partial charge in [0.1, 0.15) is 11.5 Å². The standard InChI is InChI=1S/C13H10ClFN4/c14-8-6-18-13-12(8)11(3-4-17-13)19-7-1-2-10(16)9(15)5-7/h1-6H,16H2,(H2,17,18,19). The van der Waals surface area contributed by atoms with Crippen molar-refractivity contribution in [2.24, 2.45) is 0 Å². The third-order valence-electron chi connectivity index (χ3n) is 2.80. The van der Waals surface area contributed by atoms with Gasteiger partial charge in [0.05, 0.1) is 21.8 Å². The molecule has 3 aromatic rings. The van der Waals surface area contributed by atoms with Gasteiger partial charge in [0.25, 0.3) is 0 Å². The highest BCUT2D eigenvalue weighted by molar-refractivity contribution is 6.36. The first kappa shape index (κ1) is 11.8. The van der Waals surface area contributed by atoms with E-state index in [9.17, 15) is 4.39 Å². The fourth-order valence-corrected chi connectivity index (χ4v) is 2.13. The fraction of sp³-hybridized carbons (Fsp3) is 0. The van der Waals surface area contributed by atoms with Crippen LogP contribution in [0.5, 0.6) is 0 Å². The minimum atomic E-state index is -0.463. The summed E-state index contributed by atoms with van der Waals surface area (Å²) < 4.78 is 13.4. The Morgan fingerprint density at radius 1 is 1.32 bits per heavy atom. The molecule has 19 heavy (non-hydrogen) atoms. The van der Waals surface area contributed by atoms with Crippen LogP contribution in [-0.4, -0.2) is 9.97 Å². The summed E-state index contributed by atoms with van der Waals surface area (Å²) in [7, 11) is 0. The van der Waals surface area contributed by atoms with Crippen LogP contribution in [0.2, 0.25) is 5.02 Å². The number of hydrogen-bond acceptors (Lipinski definition) is 3. The lowest BCUT2D eigenvalue weighted by atomic mass is 10.2. The summed E-state index contributed by atoms with van der Waals surface area (Å²) in [5.74, 6) is -0.463. The van der Waals surface area contributed by atoms with Crippen molar-refractivity contribution in [3.63, 3.8) is 0 Å². The van der Waals surface area contributed by atoms with Crippen molar-refractivity contribution in [3.8, 4) is 0 Å². The molecule has 4 nitrogen and oxygen atoms in total. The van der Waals surface area contributed by atoms with Gasteiger partial charge in [-0.1, -0.05) is 11.6 Å². The van der Waals surface area contributed by atoms with E-state index in [1.54, 1.807) is 24.5 Å². The first-order valence-electron chi connectivity index (χ1n) is 5.59. The lowest BCUT2D eigenvalue weighted by Crippen LogP contribution is -1.95. The number of halogens is 2. The predicted molar refractivity (Wildman–Crippen MR) is 75.2 cm³/mol. The van der Waals surface area contributed by atoms with Crippen LogP contribution in [0.4, 0.5) is 21.5 Å². The number of aromatic nitrogens is 2. The molecule has 96 valence electrons. The van der Waals surface area contributed by atoms with Crippen molar-refractivity contribution >= 4 is 39.7 Å². The van der Waals surface area contributed by atoms with Crippen LogP contribution in [0.3, 0.4) is 0 Å². The molecule has 2 heterocycles. The molecule has 0 spiro atoms. The van der Waals surface area contributed by atoms with Gasteiger partial charge < -0.3 is 16.0 Å². The van der Waals surface area contributed by atoms with E-state index in [0.29, 0.717) is 16.4 Å². The maximum Gasteiger partial charge on any atom is 0.148 e. The van der Waals surface area contributed by atoms with E-state index < -0.39 is 5.82 Å². The number of nitrogens with two attached hydrogens (primary N) is 1. The average molecular weight is 277 g/mol. The van der Waals surface area contributed by atoms with E-state index in [-0.39, 0.29) is 5.69 Å². The molecule has 1 aromatic carbocycles.